The molecule has 0 saturated carbocycles. The fourth-order valence-electron chi connectivity index (χ4n) is 2.20. The van der Waals surface area contributed by atoms with Gasteiger partial charge in [-0.1, -0.05) is 58.3 Å². The molecule has 0 radical (unpaired) electrons. The molecule has 2 heteroatoms. The number of hydrogen-bond acceptors (Lipinski definition) is 2. The van der Waals surface area contributed by atoms with Crippen molar-refractivity contribution in [1.29, 1.82) is 0 Å². The molecule has 0 spiro atoms. The van der Waals surface area contributed by atoms with Crippen molar-refractivity contribution in [1.82, 2.24) is 0 Å². The molecule has 1 aliphatic rings. The van der Waals surface area contributed by atoms with E-state index in [1.54, 1.807) is 0 Å². The summed E-state index contributed by atoms with van der Waals surface area (Å²) >= 11 is 2.00. The molecule has 1 rings (SSSR count). The van der Waals surface area contributed by atoms with Crippen molar-refractivity contribution < 1.29 is 4.74 Å². The average molecular weight is 244 g/mol. The number of ether oxygens (including phenoxy) is 1. The van der Waals surface area contributed by atoms with E-state index in [-0.39, 0.29) is 0 Å². The average Bonchev–Trinajstić information content (AvgIpc) is 2.80. The second-order valence-electron chi connectivity index (χ2n) is 4.79. The Balaban J connectivity index is 1.71. The highest BCUT2D eigenvalue weighted by atomic mass is 32.2. The molecule has 0 aliphatic carbocycles. The highest BCUT2D eigenvalue weighted by Gasteiger charge is 2.14. The lowest BCUT2D eigenvalue weighted by Gasteiger charge is -2.07. The molecular weight excluding hydrogens is 216 g/mol. The molecule has 1 aliphatic heterocycles. The third kappa shape index (κ3) is 7.56. The molecule has 1 fully saturated rings. The summed E-state index contributed by atoms with van der Waals surface area (Å²) in [5, 5.41) is 0. The Hall–Kier alpha value is 0.310. The van der Waals surface area contributed by atoms with E-state index in [4.69, 9.17) is 4.74 Å². The Labute approximate surface area is 106 Å². The Bertz CT molecular complexity index is 144. The molecule has 1 heterocycles. The molecule has 0 N–H and O–H groups in total. The molecule has 0 bridgehead atoms. The maximum absolute atomic E-state index is 5.59. The van der Waals surface area contributed by atoms with E-state index >= 15 is 0 Å². The summed E-state index contributed by atoms with van der Waals surface area (Å²) in [7, 11) is 0. The van der Waals surface area contributed by atoms with Crippen molar-refractivity contribution >= 4 is 11.8 Å². The summed E-state index contributed by atoms with van der Waals surface area (Å²) in [6, 6.07) is 0. The van der Waals surface area contributed by atoms with Crippen LogP contribution in [0.1, 0.15) is 71.1 Å². The first-order valence-electron chi connectivity index (χ1n) is 7.16. The van der Waals surface area contributed by atoms with Crippen molar-refractivity contribution in [2.24, 2.45) is 0 Å². The first-order valence-corrected chi connectivity index (χ1v) is 8.21. The topological polar surface area (TPSA) is 9.23 Å². The maximum Gasteiger partial charge on any atom is 0.103 e. The zero-order chi connectivity index (χ0) is 11.5. The van der Waals surface area contributed by atoms with Crippen LogP contribution in [-0.2, 0) is 4.74 Å². The molecule has 1 saturated heterocycles. The maximum atomic E-state index is 5.59. The van der Waals surface area contributed by atoms with Gasteiger partial charge in [-0.2, -0.15) is 0 Å². The van der Waals surface area contributed by atoms with Gasteiger partial charge < -0.3 is 4.74 Å². The Morgan fingerprint density at radius 1 is 0.938 bits per heavy atom. The summed E-state index contributed by atoms with van der Waals surface area (Å²) in [6.07, 6.45) is 14.1. The van der Waals surface area contributed by atoms with Gasteiger partial charge in [0.2, 0.25) is 0 Å². The van der Waals surface area contributed by atoms with Crippen LogP contribution in [-0.4, -0.2) is 17.8 Å². The monoisotopic (exact) mass is 244 g/mol. The first-order chi connectivity index (χ1) is 7.93. The van der Waals surface area contributed by atoms with E-state index in [0.717, 1.165) is 6.61 Å². The number of thioether (sulfide) groups is 1. The summed E-state index contributed by atoms with van der Waals surface area (Å²) in [4.78, 5) is 0. The second-order valence-corrected chi connectivity index (χ2v) is 6.06. The molecule has 0 aromatic carbocycles. The number of unbranched alkanes of at least 4 members (excludes halogenated alkanes) is 8. The van der Waals surface area contributed by atoms with Crippen LogP contribution < -0.4 is 0 Å². The van der Waals surface area contributed by atoms with Crippen LogP contribution in [0.2, 0.25) is 0 Å². The molecule has 96 valence electrons. The second kappa shape index (κ2) is 10.5. The summed E-state index contributed by atoms with van der Waals surface area (Å²) in [5.41, 5.74) is 0.532. The molecule has 1 atom stereocenters. The summed E-state index contributed by atoms with van der Waals surface area (Å²) in [6.45, 7) is 3.26. The van der Waals surface area contributed by atoms with Crippen LogP contribution in [0.4, 0.5) is 0 Å². The van der Waals surface area contributed by atoms with Crippen molar-refractivity contribution in [2.45, 2.75) is 76.6 Å². The lowest BCUT2D eigenvalue weighted by atomic mass is 10.1. The van der Waals surface area contributed by atoms with Gasteiger partial charge in [0.05, 0.1) is 6.61 Å². The quantitative estimate of drug-likeness (QED) is 0.500. The van der Waals surface area contributed by atoms with Gasteiger partial charge in [0.15, 0.2) is 0 Å². The zero-order valence-electron chi connectivity index (χ0n) is 10.9. The van der Waals surface area contributed by atoms with Crippen LogP contribution in [0.15, 0.2) is 0 Å². The van der Waals surface area contributed by atoms with Crippen molar-refractivity contribution in [3.63, 3.8) is 0 Å². The highest BCUT2D eigenvalue weighted by Crippen LogP contribution is 2.24. The van der Waals surface area contributed by atoms with Crippen LogP contribution >= 0.6 is 11.8 Å². The third-order valence-corrected chi connectivity index (χ3v) is 4.38. The van der Waals surface area contributed by atoms with Gasteiger partial charge in [0.25, 0.3) is 0 Å². The molecular formula is C14H28OS. The minimum absolute atomic E-state index is 0.532. The molecule has 0 aromatic rings. The number of rotatable bonds is 10. The molecule has 0 amide bonds. The van der Waals surface area contributed by atoms with E-state index in [1.807, 2.05) is 11.8 Å². The van der Waals surface area contributed by atoms with Crippen molar-refractivity contribution in [3.05, 3.63) is 0 Å². The number of hydrogen-bond donors (Lipinski definition) is 0. The molecule has 0 aromatic heterocycles. The van der Waals surface area contributed by atoms with E-state index in [2.05, 4.69) is 6.92 Å². The normalized spacial score (nSPS) is 20.4. The van der Waals surface area contributed by atoms with E-state index in [1.165, 1.54) is 70.0 Å². The summed E-state index contributed by atoms with van der Waals surface area (Å²) in [5.74, 6) is 1.21. The summed E-state index contributed by atoms with van der Waals surface area (Å²) < 4.78 is 5.59. The molecule has 1 nitrogen and oxygen atoms in total. The van der Waals surface area contributed by atoms with Gasteiger partial charge in [-0.25, -0.2) is 0 Å². The minimum Gasteiger partial charge on any atom is -0.367 e. The van der Waals surface area contributed by atoms with E-state index in [9.17, 15) is 0 Å². The Kier molecular flexibility index (Phi) is 9.40. The standard InChI is InChI=1S/C14H28OS/c1-2-3-4-5-6-7-8-9-10-11-14-15-12-13-16-14/h14H,2-13H2,1H3. The fourth-order valence-corrected chi connectivity index (χ4v) is 3.18. The Morgan fingerprint density at radius 2 is 1.56 bits per heavy atom. The van der Waals surface area contributed by atoms with Gasteiger partial charge in [-0.3, -0.25) is 0 Å². The zero-order valence-corrected chi connectivity index (χ0v) is 11.7. The van der Waals surface area contributed by atoms with Gasteiger partial charge in [-0.15, -0.1) is 11.8 Å². The smallest absolute Gasteiger partial charge is 0.103 e. The van der Waals surface area contributed by atoms with Crippen LogP contribution in [0, 0.1) is 0 Å². The lowest BCUT2D eigenvalue weighted by molar-refractivity contribution is 0.135. The van der Waals surface area contributed by atoms with E-state index < -0.39 is 0 Å². The highest BCUT2D eigenvalue weighted by molar-refractivity contribution is 7.99. The van der Waals surface area contributed by atoms with Crippen LogP contribution in [0.3, 0.4) is 0 Å². The predicted octanol–water partition coefficient (Wildman–Crippen LogP) is 5.00. The first kappa shape index (κ1) is 14.4. The van der Waals surface area contributed by atoms with Gasteiger partial charge in [0, 0.05) is 5.75 Å². The predicted molar refractivity (Wildman–Crippen MR) is 74.0 cm³/mol. The minimum atomic E-state index is 0.532. The third-order valence-electron chi connectivity index (χ3n) is 3.23. The Morgan fingerprint density at radius 3 is 2.12 bits per heavy atom. The van der Waals surface area contributed by atoms with Gasteiger partial charge in [0.1, 0.15) is 5.44 Å². The van der Waals surface area contributed by atoms with Crippen LogP contribution in [0.25, 0.3) is 0 Å². The van der Waals surface area contributed by atoms with Crippen molar-refractivity contribution in [3.8, 4) is 0 Å². The van der Waals surface area contributed by atoms with Gasteiger partial charge in [-0.05, 0) is 12.8 Å². The lowest BCUT2D eigenvalue weighted by Crippen LogP contribution is -2.00. The van der Waals surface area contributed by atoms with Crippen LogP contribution in [0.5, 0.6) is 0 Å². The van der Waals surface area contributed by atoms with E-state index in [0.29, 0.717) is 5.44 Å². The van der Waals surface area contributed by atoms with Gasteiger partial charge >= 0.3 is 0 Å². The SMILES string of the molecule is CCCCCCCCCCCC1OCCS1. The molecule has 16 heavy (non-hydrogen) atoms. The van der Waals surface area contributed by atoms with Crippen molar-refractivity contribution in [2.75, 3.05) is 12.4 Å². The largest absolute Gasteiger partial charge is 0.367 e. The fraction of sp³-hybridized carbons (Fsp3) is 1.00. The molecule has 1 unspecified atom stereocenters.